The highest BCUT2D eigenvalue weighted by atomic mass is 32.2. The molecule has 0 atom stereocenters. The van der Waals surface area contributed by atoms with E-state index in [1.807, 2.05) is 30.7 Å². The molecule has 0 bridgehead atoms. The SMILES string of the molecule is CCCc1nn(C)c(Sc2nnc(N(C)C)s2)c1N. The Bertz CT molecular complexity index is 560. The Hall–Kier alpha value is -1.28. The maximum atomic E-state index is 6.15. The fraction of sp³-hybridized carbons (Fsp3) is 0.545. The summed E-state index contributed by atoms with van der Waals surface area (Å²) in [4.78, 5) is 1.94. The van der Waals surface area contributed by atoms with Crippen LogP contribution in [0.3, 0.4) is 0 Å². The van der Waals surface area contributed by atoms with Crippen LogP contribution in [0.25, 0.3) is 0 Å². The van der Waals surface area contributed by atoms with Gasteiger partial charge in [-0.05, 0) is 18.2 Å². The summed E-state index contributed by atoms with van der Waals surface area (Å²) in [6.07, 6.45) is 1.94. The van der Waals surface area contributed by atoms with Crippen molar-refractivity contribution < 1.29 is 0 Å². The van der Waals surface area contributed by atoms with Gasteiger partial charge in [-0.2, -0.15) is 5.10 Å². The number of aromatic nitrogens is 4. The lowest BCUT2D eigenvalue weighted by Crippen LogP contribution is -2.07. The van der Waals surface area contributed by atoms with Gasteiger partial charge in [-0.1, -0.05) is 24.7 Å². The number of aryl methyl sites for hydroxylation is 2. The van der Waals surface area contributed by atoms with Gasteiger partial charge < -0.3 is 10.6 Å². The Morgan fingerprint density at radius 2 is 2.11 bits per heavy atom. The minimum atomic E-state index is 0.760. The van der Waals surface area contributed by atoms with Crippen molar-refractivity contribution >= 4 is 33.9 Å². The molecule has 0 fully saturated rings. The van der Waals surface area contributed by atoms with Crippen molar-refractivity contribution in [3.05, 3.63) is 5.69 Å². The number of rotatable bonds is 5. The molecule has 0 amide bonds. The Labute approximate surface area is 121 Å². The molecule has 0 aliphatic heterocycles. The predicted octanol–water partition coefficient (Wildman–Crippen LogP) is 2.02. The van der Waals surface area contributed by atoms with Crippen molar-refractivity contribution in [2.24, 2.45) is 7.05 Å². The van der Waals surface area contributed by atoms with Gasteiger partial charge >= 0.3 is 0 Å². The minimum absolute atomic E-state index is 0.760. The summed E-state index contributed by atoms with van der Waals surface area (Å²) in [6, 6.07) is 0. The van der Waals surface area contributed by atoms with Gasteiger partial charge in [-0.25, -0.2) is 0 Å². The van der Waals surface area contributed by atoms with Crippen molar-refractivity contribution in [1.82, 2.24) is 20.0 Å². The van der Waals surface area contributed by atoms with E-state index in [9.17, 15) is 0 Å². The lowest BCUT2D eigenvalue weighted by atomic mass is 10.2. The zero-order valence-electron chi connectivity index (χ0n) is 11.5. The van der Waals surface area contributed by atoms with E-state index >= 15 is 0 Å². The minimum Gasteiger partial charge on any atom is -0.395 e. The normalized spacial score (nSPS) is 10.9. The van der Waals surface area contributed by atoms with Gasteiger partial charge in [0.1, 0.15) is 5.03 Å². The van der Waals surface area contributed by atoms with Crippen LogP contribution in [0.5, 0.6) is 0 Å². The first-order valence-corrected chi connectivity index (χ1v) is 7.66. The second-order valence-electron chi connectivity index (χ2n) is 4.39. The van der Waals surface area contributed by atoms with Crippen LogP contribution in [0.4, 0.5) is 10.8 Å². The molecule has 0 aromatic carbocycles. The summed E-state index contributed by atoms with van der Waals surface area (Å²) in [5.74, 6) is 0. The molecule has 2 aromatic heterocycles. The molecule has 0 aliphatic rings. The standard InChI is InChI=1S/C11H18N6S2/c1-5-6-7-8(12)9(17(4)15-7)18-11-14-13-10(19-11)16(2)3/h5-6,12H2,1-4H3. The molecule has 0 spiro atoms. The molecule has 2 heterocycles. The first kappa shape index (κ1) is 14.1. The smallest absolute Gasteiger partial charge is 0.208 e. The molecule has 19 heavy (non-hydrogen) atoms. The van der Waals surface area contributed by atoms with Gasteiger partial charge in [0.25, 0.3) is 0 Å². The van der Waals surface area contributed by atoms with E-state index < -0.39 is 0 Å². The van der Waals surface area contributed by atoms with Crippen molar-refractivity contribution in [1.29, 1.82) is 0 Å². The highest BCUT2D eigenvalue weighted by Gasteiger charge is 2.16. The summed E-state index contributed by atoms with van der Waals surface area (Å²) in [5, 5.41) is 14.6. The number of hydrogen-bond donors (Lipinski definition) is 1. The van der Waals surface area contributed by atoms with E-state index in [-0.39, 0.29) is 0 Å². The molecule has 2 rings (SSSR count). The van der Waals surface area contributed by atoms with Gasteiger partial charge in [0.15, 0.2) is 4.34 Å². The monoisotopic (exact) mass is 298 g/mol. The van der Waals surface area contributed by atoms with Crippen molar-refractivity contribution in [3.8, 4) is 0 Å². The third-order valence-corrected chi connectivity index (χ3v) is 4.87. The molecule has 8 heteroatoms. The van der Waals surface area contributed by atoms with Crippen LogP contribution in [-0.2, 0) is 13.5 Å². The lowest BCUT2D eigenvalue weighted by molar-refractivity contribution is 0.681. The van der Waals surface area contributed by atoms with E-state index in [0.717, 1.165) is 38.7 Å². The van der Waals surface area contributed by atoms with E-state index in [1.165, 1.54) is 11.8 Å². The first-order valence-electron chi connectivity index (χ1n) is 6.03. The van der Waals surface area contributed by atoms with Crippen molar-refractivity contribution in [2.75, 3.05) is 24.7 Å². The van der Waals surface area contributed by atoms with Gasteiger partial charge in [0.05, 0.1) is 11.4 Å². The third kappa shape index (κ3) is 3.01. The molecule has 104 valence electrons. The molecule has 0 aliphatic carbocycles. The number of nitrogens with two attached hydrogens (primary N) is 1. The molecule has 0 unspecified atom stereocenters. The Morgan fingerprint density at radius 1 is 1.37 bits per heavy atom. The van der Waals surface area contributed by atoms with E-state index in [4.69, 9.17) is 5.73 Å². The zero-order valence-corrected chi connectivity index (χ0v) is 13.2. The summed E-state index contributed by atoms with van der Waals surface area (Å²) >= 11 is 3.07. The van der Waals surface area contributed by atoms with Crippen molar-refractivity contribution in [3.63, 3.8) is 0 Å². The fourth-order valence-corrected chi connectivity index (χ4v) is 3.40. The Morgan fingerprint density at radius 3 is 2.68 bits per heavy atom. The van der Waals surface area contributed by atoms with Crippen LogP contribution in [0, 0.1) is 0 Å². The van der Waals surface area contributed by atoms with Gasteiger partial charge in [0, 0.05) is 21.1 Å². The van der Waals surface area contributed by atoms with E-state index in [1.54, 1.807) is 11.3 Å². The Kier molecular flexibility index (Phi) is 4.31. The Balaban J connectivity index is 2.22. The van der Waals surface area contributed by atoms with Crippen LogP contribution in [0.15, 0.2) is 9.37 Å². The number of nitrogens with zero attached hydrogens (tertiary/aromatic N) is 5. The quantitative estimate of drug-likeness (QED) is 0.910. The number of nitrogen functional groups attached to an aromatic ring is 1. The van der Waals surface area contributed by atoms with E-state index in [2.05, 4.69) is 22.2 Å². The predicted molar refractivity (Wildman–Crippen MR) is 80.0 cm³/mol. The maximum Gasteiger partial charge on any atom is 0.208 e. The molecule has 0 saturated carbocycles. The highest BCUT2D eigenvalue weighted by molar-refractivity contribution is 8.01. The maximum absolute atomic E-state index is 6.15. The average Bonchev–Trinajstić information content (AvgIpc) is 2.91. The first-order chi connectivity index (χ1) is 9.02. The second kappa shape index (κ2) is 5.79. The fourth-order valence-electron chi connectivity index (χ4n) is 1.63. The second-order valence-corrected chi connectivity index (χ2v) is 6.58. The van der Waals surface area contributed by atoms with Crippen LogP contribution >= 0.6 is 23.1 Å². The topological polar surface area (TPSA) is 72.9 Å². The molecule has 2 aromatic rings. The molecule has 0 saturated heterocycles. The average molecular weight is 298 g/mol. The zero-order chi connectivity index (χ0) is 14.0. The van der Waals surface area contributed by atoms with Gasteiger partial charge in [-0.3, -0.25) is 4.68 Å². The highest BCUT2D eigenvalue weighted by Crippen LogP contribution is 2.36. The van der Waals surface area contributed by atoms with Crippen LogP contribution in [0.2, 0.25) is 0 Å². The van der Waals surface area contributed by atoms with Crippen molar-refractivity contribution in [2.45, 2.75) is 29.1 Å². The van der Waals surface area contributed by atoms with E-state index in [0.29, 0.717) is 0 Å². The largest absolute Gasteiger partial charge is 0.395 e. The molecular weight excluding hydrogens is 280 g/mol. The molecule has 6 nitrogen and oxygen atoms in total. The summed E-state index contributed by atoms with van der Waals surface area (Å²) in [6.45, 7) is 2.12. The van der Waals surface area contributed by atoms with Crippen LogP contribution in [0.1, 0.15) is 19.0 Å². The molecular formula is C11H18N6S2. The number of anilines is 2. The molecule has 2 N–H and O–H groups in total. The van der Waals surface area contributed by atoms with Crippen LogP contribution in [-0.4, -0.2) is 34.1 Å². The van der Waals surface area contributed by atoms with Gasteiger partial charge in [-0.15, -0.1) is 10.2 Å². The summed E-state index contributed by atoms with van der Waals surface area (Å²) < 4.78 is 2.70. The summed E-state index contributed by atoms with van der Waals surface area (Å²) in [5.41, 5.74) is 7.87. The third-order valence-electron chi connectivity index (χ3n) is 2.56. The van der Waals surface area contributed by atoms with Crippen LogP contribution < -0.4 is 10.6 Å². The lowest BCUT2D eigenvalue weighted by Gasteiger charge is -2.03. The summed E-state index contributed by atoms with van der Waals surface area (Å²) in [7, 11) is 5.81. The number of hydrogen-bond acceptors (Lipinski definition) is 7. The van der Waals surface area contributed by atoms with Gasteiger partial charge in [0.2, 0.25) is 5.13 Å². The molecule has 0 radical (unpaired) electrons.